The van der Waals surface area contributed by atoms with Crippen molar-refractivity contribution in [2.45, 2.75) is 20.8 Å². The van der Waals surface area contributed by atoms with Gasteiger partial charge in [0.2, 0.25) is 6.79 Å². The fraction of sp³-hybridized carbons (Fsp3) is 0.273. The minimum atomic E-state index is -0.233. The van der Waals surface area contributed by atoms with Crippen LogP contribution in [0.5, 0.6) is 11.5 Å². The first-order valence-corrected chi connectivity index (χ1v) is 10.7. The summed E-state index contributed by atoms with van der Waals surface area (Å²) in [5, 5.41) is 8.54. The van der Waals surface area contributed by atoms with E-state index >= 15 is 0 Å². The first-order chi connectivity index (χ1) is 14.6. The quantitative estimate of drug-likeness (QED) is 0.555. The number of nitrogens with one attached hydrogen (secondary N) is 2. The van der Waals surface area contributed by atoms with Crippen molar-refractivity contribution in [3.8, 4) is 11.5 Å². The van der Waals surface area contributed by atoms with Crippen LogP contribution >= 0.6 is 11.3 Å². The number of amides is 1. The number of benzene rings is 2. The summed E-state index contributed by atoms with van der Waals surface area (Å²) in [6.07, 6.45) is 0. The Morgan fingerprint density at radius 2 is 1.93 bits per heavy atom. The maximum Gasteiger partial charge on any atom is 0.275 e. The van der Waals surface area contributed by atoms with Gasteiger partial charge in [-0.15, -0.1) is 11.3 Å². The zero-order valence-electron chi connectivity index (χ0n) is 17.2. The Balaban J connectivity index is 1.43. The molecule has 30 heavy (non-hydrogen) atoms. The van der Waals surface area contributed by atoms with Crippen molar-refractivity contribution >= 4 is 39.4 Å². The lowest BCUT2D eigenvalue weighted by molar-refractivity contribution is 0.102. The van der Waals surface area contributed by atoms with E-state index in [1.807, 2.05) is 37.3 Å². The number of rotatable bonds is 7. The average Bonchev–Trinajstić information content (AvgIpc) is 3.40. The van der Waals surface area contributed by atoms with E-state index in [1.165, 1.54) is 11.3 Å². The number of ether oxygens (including phenoxy) is 2. The second-order valence-electron chi connectivity index (χ2n) is 6.86. The summed E-state index contributed by atoms with van der Waals surface area (Å²) in [5.41, 5.74) is 4.15. The second kappa shape index (κ2) is 8.62. The third kappa shape index (κ3) is 4.18. The van der Waals surface area contributed by atoms with E-state index in [9.17, 15) is 4.79 Å². The first kappa shape index (κ1) is 20.0. The van der Waals surface area contributed by atoms with E-state index in [4.69, 9.17) is 9.47 Å². The first-order valence-electron chi connectivity index (χ1n) is 9.86. The van der Waals surface area contributed by atoms with Crippen LogP contribution < -0.4 is 25.0 Å². The minimum absolute atomic E-state index is 0.232. The Morgan fingerprint density at radius 1 is 1.13 bits per heavy atom. The van der Waals surface area contributed by atoms with Gasteiger partial charge in [0.15, 0.2) is 16.6 Å². The van der Waals surface area contributed by atoms with Crippen molar-refractivity contribution < 1.29 is 14.3 Å². The Kier molecular flexibility index (Phi) is 5.76. The summed E-state index contributed by atoms with van der Waals surface area (Å²) in [5.74, 6) is 1.18. The normalized spacial score (nSPS) is 12.0. The molecule has 0 atom stereocenters. The molecule has 0 saturated heterocycles. The van der Waals surface area contributed by atoms with E-state index in [0.29, 0.717) is 16.6 Å². The number of carbonyl (C=O) groups is 1. The number of hydrogen-bond acceptors (Lipinski definition) is 7. The maximum atomic E-state index is 12.7. The summed E-state index contributed by atoms with van der Waals surface area (Å²) in [4.78, 5) is 19.4. The van der Waals surface area contributed by atoms with E-state index < -0.39 is 0 Å². The summed E-state index contributed by atoms with van der Waals surface area (Å²) < 4.78 is 10.7. The van der Waals surface area contributed by atoms with Crippen molar-refractivity contribution in [2.75, 3.05) is 35.4 Å². The standard InChI is InChI=1S/C22H24N4O3S/c1-4-26(5-2)16-7-8-17(14(3)10-16)24-21(27)18-12-30-22(25-18)23-15-6-9-19-20(11-15)29-13-28-19/h6-12H,4-5,13H2,1-3H3,(H,23,25)(H,24,27). The molecule has 1 aromatic heterocycles. The summed E-state index contributed by atoms with van der Waals surface area (Å²) in [7, 11) is 0. The predicted octanol–water partition coefficient (Wildman–Crippen LogP) is 5.02. The highest BCUT2D eigenvalue weighted by Gasteiger charge is 2.16. The van der Waals surface area contributed by atoms with Gasteiger partial charge in [0.25, 0.3) is 5.91 Å². The molecule has 0 unspecified atom stereocenters. The van der Waals surface area contributed by atoms with Crippen LogP contribution in [0.4, 0.5) is 22.2 Å². The van der Waals surface area contributed by atoms with Crippen molar-refractivity contribution in [2.24, 2.45) is 0 Å². The van der Waals surface area contributed by atoms with Gasteiger partial charge < -0.3 is 25.0 Å². The molecule has 1 aliphatic rings. The number of aromatic nitrogens is 1. The molecule has 0 spiro atoms. The lowest BCUT2D eigenvalue weighted by Gasteiger charge is -2.22. The molecule has 0 saturated carbocycles. The lowest BCUT2D eigenvalue weighted by atomic mass is 10.1. The van der Waals surface area contributed by atoms with E-state index in [-0.39, 0.29) is 12.7 Å². The van der Waals surface area contributed by atoms with Crippen LogP contribution in [0, 0.1) is 6.92 Å². The number of thiazole rings is 1. The van der Waals surface area contributed by atoms with Gasteiger partial charge in [-0.05, 0) is 56.7 Å². The molecule has 0 bridgehead atoms. The molecule has 2 N–H and O–H groups in total. The fourth-order valence-electron chi connectivity index (χ4n) is 3.29. The van der Waals surface area contributed by atoms with Crippen LogP contribution in [0.15, 0.2) is 41.8 Å². The van der Waals surface area contributed by atoms with Crippen LogP contribution in [0.3, 0.4) is 0 Å². The van der Waals surface area contributed by atoms with Crippen molar-refractivity contribution in [3.05, 3.63) is 53.0 Å². The minimum Gasteiger partial charge on any atom is -0.454 e. The highest BCUT2D eigenvalue weighted by Crippen LogP contribution is 2.35. The number of hydrogen-bond donors (Lipinski definition) is 2. The molecule has 2 aromatic carbocycles. The number of anilines is 4. The molecule has 156 valence electrons. The van der Waals surface area contributed by atoms with Crippen LogP contribution in [-0.2, 0) is 0 Å². The summed E-state index contributed by atoms with van der Waals surface area (Å²) in [6, 6.07) is 11.6. The fourth-order valence-corrected chi connectivity index (χ4v) is 4.00. The maximum absolute atomic E-state index is 12.7. The SMILES string of the molecule is CCN(CC)c1ccc(NC(=O)c2csc(Nc3ccc4c(c3)OCO4)n2)c(C)c1. The van der Waals surface area contributed by atoms with Gasteiger partial charge in [0, 0.05) is 41.6 Å². The van der Waals surface area contributed by atoms with Crippen LogP contribution in [-0.4, -0.2) is 30.8 Å². The number of aryl methyl sites for hydroxylation is 1. The number of carbonyl (C=O) groups excluding carboxylic acids is 1. The molecule has 0 aliphatic carbocycles. The van der Waals surface area contributed by atoms with Gasteiger partial charge in [-0.1, -0.05) is 0 Å². The predicted molar refractivity (Wildman–Crippen MR) is 121 cm³/mol. The average molecular weight is 425 g/mol. The molecule has 1 amide bonds. The van der Waals surface area contributed by atoms with Crippen LogP contribution in [0.1, 0.15) is 29.9 Å². The Bertz CT molecular complexity index is 1060. The van der Waals surface area contributed by atoms with E-state index in [1.54, 1.807) is 5.38 Å². The zero-order chi connectivity index (χ0) is 21.1. The number of fused-ring (bicyclic) bond motifs is 1. The van der Waals surface area contributed by atoms with Crippen molar-refractivity contribution in [3.63, 3.8) is 0 Å². The molecule has 0 radical (unpaired) electrons. The Labute approximate surface area is 179 Å². The van der Waals surface area contributed by atoms with Gasteiger partial charge in [0.05, 0.1) is 0 Å². The molecular formula is C22H24N4O3S. The van der Waals surface area contributed by atoms with Gasteiger partial charge in [-0.25, -0.2) is 4.98 Å². The van der Waals surface area contributed by atoms with E-state index in [0.717, 1.165) is 41.5 Å². The third-order valence-electron chi connectivity index (χ3n) is 4.95. The highest BCUT2D eigenvalue weighted by molar-refractivity contribution is 7.14. The summed E-state index contributed by atoms with van der Waals surface area (Å²) in [6.45, 7) is 8.38. The Hall–Kier alpha value is -3.26. The van der Waals surface area contributed by atoms with Gasteiger partial charge in [-0.3, -0.25) is 4.79 Å². The molecule has 3 aromatic rings. The Morgan fingerprint density at radius 3 is 2.70 bits per heavy atom. The van der Waals surface area contributed by atoms with Crippen LogP contribution in [0.25, 0.3) is 0 Å². The van der Waals surface area contributed by atoms with Gasteiger partial charge in [-0.2, -0.15) is 0 Å². The molecule has 1 aliphatic heterocycles. The lowest BCUT2D eigenvalue weighted by Crippen LogP contribution is -2.22. The van der Waals surface area contributed by atoms with Crippen molar-refractivity contribution in [1.29, 1.82) is 0 Å². The topological polar surface area (TPSA) is 75.7 Å². The van der Waals surface area contributed by atoms with Crippen LogP contribution in [0.2, 0.25) is 0 Å². The zero-order valence-corrected chi connectivity index (χ0v) is 18.0. The second-order valence-corrected chi connectivity index (χ2v) is 7.71. The van der Waals surface area contributed by atoms with E-state index in [2.05, 4.69) is 40.4 Å². The molecular weight excluding hydrogens is 400 g/mol. The van der Waals surface area contributed by atoms with Gasteiger partial charge in [0.1, 0.15) is 5.69 Å². The van der Waals surface area contributed by atoms with Gasteiger partial charge >= 0.3 is 0 Å². The smallest absolute Gasteiger partial charge is 0.275 e. The largest absolute Gasteiger partial charge is 0.454 e. The molecule has 0 fully saturated rings. The molecule has 4 rings (SSSR count). The molecule has 8 heteroatoms. The number of nitrogens with zero attached hydrogens (tertiary/aromatic N) is 2. The molecule has 2 heterocycles. The third-order valence-corrected chi connectivity index (χ3v) is 5.71. The summed E-state index contributed by atoms with van der Waals surface area (Å²) >= 11 is 1.37. The highest BCUT2D eigenvalue weighted by atomic mass is 32.1. The monoisotopic (exact) mass is 424 g/mol. The van der Waals surface area contributed by atoms with Crippen molar-refractivity contribution in [1.82, 2.24) is 4.98 Å². The molecule has 7 nitrogen and oxygen atoms in total.